The Labute approximate surface area is 78.0 Å². The molecule has 6 nitrogen and oxygen atoms in total. The second-order valence-electron chi connectivity index (χ2n) is 2.63. The first-order chi connectivity index (χ1) is 6.18. The highest BCUT2D eigenvalue weighted by molar-refractivity contribution is 5.63. The Morgan fingerprint density at radius 1 is 1.46 bits per heavy atom. The lowest BCUT2D eigenvalue weighted by Gasteiger charge is -2.10. The Morgan fingerprint density at radius 2 is 1.92 bits per heavy atom. The monoisotopic (exact) mass is 190 g/mol. The van der Waals surface area contributed by atoms with Crippen molar-refractivity contribution in [2.45, 2.75) is 19.8 Å². The molecular weight excluding hydrogens is 172 g/mol. The van der Waals surface area contributed by atoms with Crippen molar-refractivity contribution in [3.63, 3.8) is 0 Å². The molecule has 0 spiro atoms. The number of nitrogens with one attached hydrogen (secondary N) is 2. The highest BCUT2D eigenvalue weighted by Gasteiger charge is 1.98. The zero-order valence-corrected chi connectivity index (χ0v) is 7.92. The third kappa shape index (κ3) is 7.51. The predicted molar refractivity (Wildman–Crippen MR) is 49.8 cm³/mol. The van der Waals surface area contributed by atoms with Crippen molar-refractivity contribution in [1.29, 1.82) is 0 Å². The van der Waals surface area contributed by atoms with Crippen LogP contribution < -0.4 is 16.7 Å². The summed E-state index contributed by atoms with van der Waals surface area (Å²) in [6.45, 7) is 4.27. The minimum absolute atomic E-state index is 0.329. The SMILES string of the molecule is C1CCNNC1.CCN(N)C(=O)O. The van der Waals surface area contributed by atoms with E-state index >= 15 is 0 Å². The van der Waals surface area contributed by atoms with E-state index in [0.717, 1.165) is 13.1 Å². The number of hydrogen-bond acceptors (Lipinski definition) is 4. The van der Waals surface area contributed by atoms with Crippen molar-refractivity contribution in [2.24, 2.45) is 5.84 Å². The largest absolute Gasteiger partial charge is 0.464 e. The lowest BCUT2D eigenvalue weighted by molar-refractivity contribution is 0.148. The third-order valence-corrected chi connectivity index (χ3v) is 1.56. The van der Waals surface area contributed by atoms with Crippen LogP contribution in [0.1, 0.15) is 19.8 Å². The normalized spacial score (nSPS) is 15.5. The summed E-state index contributed by atoms with van der Waals surface area (Å²) in [6.07, 6.45) is 1.56. The highest BCUT2D eigenvalue weighted by Crippen LogP contribution is 1.85. The van der Waals surface area contributed by atoms with Crippen molar-refractivity contribution >= 4 is 6.09 Å². The zero-order chi connectivity index (χ0) is 10.1. The fourth-order valence-corrected chi connectivity index (χ4v) is 0.739. The van der Waals surface area contributed by atoms with E-state index in [1.807, 2.05) is 0 Å². The summed E-state index contributed by atoms with van der Waals surface area (Å²) in [5, 5.41) is 8.69. The maximum absolute atomic E-state index is 9.73. The first-order valence-electron chi connectivity index (χ1n) is 4.39. The Balaban J connectivity index is 0.000000223. The summed E-state index contributed by atoms with van der Waals surface area (Å²) in [4.78, 5) is 9.73. The average molecular weight is 190 g/mol. The number of hydrazine groups is 2. The topological polar surface area (TPSA) is 90.6 Å². The first kappa shape index (κ1) is 12.2. The molecule has 1 fully saturated rings. The van der Waals surface area contributed by atoms with Crippen LogP contribution in [0.15, 0.2) is 0 Å². The van der Waals surface area contributed by atoms with E-state index in [-0.39, 0.29) is 0 Å². The molecule has 0 aromatic heterocycles. The molecule has 0 aliphatic carbocycles. The molecule has 5 N–H and O–H groups in total. The molecule has 1 aliphatic heterocycles. The number of carboxylic acid groups (broad SMARTS) is 1. The number of amides is 1. The number of rotatable bonds is 1. The van der Waals surface area contributed by atoms with Crippen LogP contribution in [-0.2, 0) is 0 Å². The highest BCUT2D eigenvalue weighted by atomic mass is 16.4. The lowest BCUT2D eigenvalue weighted by Crippen LogP contribution is -2.37. The van der Waals surface area contributed by atoms with Gasteiger partial charge in [-0.05, 0) is 19.8 Å². The molecule has 0 aromatic carbocycles. The van der Waals surface area contributed by atoms with Gasteiger partial charge in [-0.2, -0.15) is 0 Å². The summed E-state index contributed by atoms with van der Waals surface area (Å²) < 4.78 is 0. The molecule has 1 saturated heterocycles. The molecule has 1 aliphatic rings. The number of nitrogens with two attached hydrogens (primary N) is 1. The van der Waals surface area contributed by atoms with Crippen LogP contribution in [0.2, 0.25) is 0 Å². The fraction of sp³-hybridized carbons (Fsp3) is 0.857. The van der Waals surface area contributed by atoms with Crippen LogP contribution >= 0.6 is 0 Å². The summed E-state index contributed by atoms with van der Waals surface area (Å²) in [5.41, 5.74) is 6.07. The van der Waals surface area contributed by atoms with Crippen LogP contribution in [0.4, 0.5) is 4.79 Å². The molecule has 0 saturated carbocycles. The Morgan fingerprint density at radius 3 is 2.00 bits per heavy atom. The number of hydrogen-bond donors (Lipinski definition) is 4. The van der Waals surface area contributed by atoms with Gasteiger partial charge >= 0.3 is 6.09 Å². The summed E-state index contributed by atoms with van der Waals surface area (Å²) >= 11 is 0. The van der Waals surface area contributed by atoms with Crippen molar-refractivity contribution in [3.05, 3.63) is 0 Å². The lowest BCUT2D eigenvalue weighted by atomic mass is 10.3. The molecule has 0 atom stereocenters. The smallest absolute Gasteiger partial charge is 0.421 e. The Hall–Kier alpha value is -0.850. The Bertz CT molecular complexity index is 127. The molecule has 0 bridgehead atoms. The van der Waals surface area contributed by atoms with E-state index in [1.54, 1.807) is 6.92 Å². The van der Waals surface area contributed by atoms with E-state index in [9.17, 15) is 4.79 Å². The molecule has 78 valence electrons. The molecule has 0 unspecified atom stereocenters. The molecule has 6 heteroatoms. The van der Waals surface area contributed by atoms with Crippen LogP contribution in [0.5, 0.6) is 0 Å². The standard InChI is InChI=1S/C4H10N2.C3H8N2O2/c1-2-4-6-5-3-1;1-2-5(4)3(6)7/h5-6H,1-4H2;2,4H2,1H3,(H,6,7). The molecule has 0 radical (unpaired) electrons. The van der Waals surface area contributed by atoms with E-state index < -0.39 is 6.09 Å². The van der Waals surface area contributed by atoms with Gasteiger partial charge in [0.25, 0.3) is 0 Å². The molecule has 1 heterocycles. The van der Waals surface area contributed by atoms with Crippen molar-refractivity contribution in [2.75, 3.05) is 19.6 Å². The average Bonchev–Trinajstić information content (AvgIpc) is 2.20. The Kier molecular flexibility index (Phi) is 7.27. The molecular formula is C7H18N4O2. The van der Waals surface area contributed by atoms with Gasteiger partial charge in [0.05, 0.1) is 0 Å². The van der Waals surface area contributed by atoms with Crippen LogP contribution in [0.25, 0.3) is 0 Å². The second-order valence-corrected chi connectivity index (χ2v) is 2.63. The van der Waals surface area contributed by atoms with Crippen molar-refractivity contribution < 1.29 is 9.90 Å². The quantitative estimate of drug-likeness (QED) is 0.260. The predicted octanol–water partition coefficient (Wildman–Crippen LogP) is -0.266. The fourth-order valence-electron chi connectivity index (χ4n) is 0.739. The van der Waals surface area contributed by atoms with Crippen molar-refractivity contribution in [3.8, 4) is 0 Å². The van der Waals surface area contributed by atoms with E-state index in [2.05, 4.69) is 10.9 Å². The van der Waals surface area contributed by atoms with E-state index in [1.165, 1.54) is 12.8 Å². The van der Waals surface area contributed by atoms with Gasteiger partial charge in [-0.25, -0.2) is 15.6 Å². The van der Waals surface area contributed by atoms with Gasteiger partial charge in [0.2, 0.25) is 0 Å². The second kappa shape index (κ2) is 7.78. The zero-order valence-electron chi connectivity index (χ0n) is 7.92. The number of carbonyl (C=O) groups is 1. The van der Waals surface area contributed by atoms with E-state index in [0.29, 0.717) is 11.6 Å². The van der Waals surface area contributed by atoms with Gasteiger partial charge in [0, 0.05) is 19.6 Å². The van der Waals surface area contributed by atoms with Gasteiger partial charge in [0.1, 0.15) is 0 Å². The minimum atomic E-state index is -1.09. The van der Waals surface area contributed by atoms with Crippen LogP contribution in [-0.4, -0.2) is 35.8 Å². The maximum Gasteiger partial charge on any atom is 0.421 e. The van der Waals surface area contributed by atoms with Gasteiger partial charge in [-0.3, -0.25) is 10.9 Å². The van der Waals surface area contributed by atoms with Crippen LogP contribution in [0, 0.1) is 0 Å². The minimum Gasteiger partial charge on any atom is -0.464 e. The van der Waals surface area contributed by atoms with E-state index in [4.69, 9.17) is 10.9 Å². The first-order valence-corrected chi connectivity index (χ1v) is 4.39. The van der Waals surface area contributed by atoms with Gasteiger partial charge in [-0.1, -0.05) is 0 Å². The van der Waals surface area contributed by atoms with Crippen molar-refractivity contribution in [1.82, 2.24) is 15.9 Å². The summed E-state index contributed by atoms with van der Waals surface area (Å²) in [5.74, 6) is 4.85. The molecule has 13 heavy (non-hydrogen) atoms. The van der Waals surface area contributed by atoms with Gasteiger partial charge in [0.15, 0.2) is 0 Å². The summed E-state index contributed by atoms with van der Waals surface area (Å²) in [7, 11) is 0. The molecule has 1 rings (SSSR count). The van der Waals surface area contributed by atoms with Crippen LogP contribution in [0.3, 0.4) is 0 Å². The molecule has 1 amide bonds. The number of nitrogens with zero attached hydrogens (tertiary/aromatic N) is 1. The third-order valence-electron chi connectivity index (χ3n) is 1.56. The van der Waals surface area contributed by atoms with Gasteiger partial charge in [-0.15, -0.1) is 0 Å². The molecule has 0 aromatic rings. The van der Waals surface area contributed by atoms with Gasteiger partial charge < -0.3 is 5.11 Å². The summed E-state index contributed by atoms with van der Waals surface area (Å²) in [6, 6.07) is 0. The maximum atomic E-state index is 9.73.